The molecule has 28 heavy (non-hydrogen) atoms. The lowest BCUT2D eigenvalue weighted by molar-refractivity contribution is -0.134. The Kier molecular flexibility index (Phi) is 6.30. The number of sulfone groups is 1. The number of benzene rings is 2. The summed E-state index contributed by atoms with van der Waals surface area (Å²) < 4.78 is 29.1. The summed E-state index contributed by atoms with van der Waals surface area (Å²) in [5.74, 6) is 0.521. The third kappa shape index (κ3) is 5.06. The molecule has 1 aliphatic rings. The van der Waals surface area contributed by atoms with Gasteiger partial charge in [-0.15, -0.1) is 0 Å². The molecule has 1 atom stereocenters. The van der Waals surface area contributed by atoms with Crippen molar-refractivity contribution >= 4 is 27.3 Å². The molecule has 0 spiro atoms. The highest BCUT2D eigenvalue weighted by Crippen LogP contribution is 2.25. The second-order valence-electron chi connectivity index (χ2n) is 7.16. The van der Waals surface area contributed by atoms with Gasteiger partial charge in [0.2, 0.25) is 5.91 Å². The van der Waals surface area contributed by atoms with Crippen molar-refractivity contribution in [2.45, 2.75) is 36.7 Å². The molecule has 2 aromatic rings. The third-order valence-corrected chi connectivity index (χ3v) is 6.43. The number of halogens is 1. The van der Waals surface area contributed by atoms with Gasteiger partial charge < -0.3 is 9.64 Å². The number of ether oxygens (including phenoxy) is 1. The first kappa shape index (κ1) is 20.7. The molecule has 1 fully saturated rings. The zero-order valence-electron chi connectivity index (χ0n) is 16.0. The lowest BCUT2D eigenvalue weighted by Gasteiger charge is -2.33. The second kappa shape index (κ2) is 8.53. The molecule has 0 radical (unpaired) electrons. The molecule has 0 aromatic heterocycles. The van der Waals surface area contributed by atoms with E-state index in [-0.39, 0.29) is 22.8 Å². The van der Waals surface area contributed by atoms with Crippen LogP contribution >= 0.6 is 11.6 Å². The fourth-order valence-corrected chi connectivity index (χ4v) is 4.08. The third-order valence-electron chi connectivity index (χ3n) is 5.05. The van der Waals surface area contributed by atoms with Gasteiger partial charge in [-0.1, -0.05) is 23.7 Å². The van der Waals surface area contributed by atoms with Crippen molar-refractivity contribution in [1.82, 2.24) is 4.90 Å². The molecular formula is C21H24ClNO4S. The topological polar surface area (TPSA) is 63.7 Å². The fourth-order valence-electron chi connectivity index (χ4n) is 3.32. The van der Waals surface area contributed by atoms with E-state index in [1.54, 1.807) is 36.4 Å². The molecule has 5 nitrogen and oxygen atoms in total. The average molecular weight is 422 g/mol. The molecular weight excluding hydrogens is 398 g/mol. The maximum Gasteiger partial charge on any atom is 0.229 e. The highest BCUT2D eigenvalue weighted by atomic mass is 35.5. The molecule has 1 amide bonds. The van der Waals surface area contributed by atoms with Crippen LogP contribution in [-0.2, 0) is 14.6 Å². The molecule has 1 heterocycles. The maximum atomic E-state index is 12.8. The SMILES string of the molecule is CC(C(=O)N1CCC(Oc2ccc(Cl)cc2)CC1)c1ccc(S(C)(=O)=O)cc1. The van der Waals surface area contributed by atoms with Crippen molar-refractivity contribution < 1.29 is 17.9 Å². The molecule has 3 rings (SSSR count). The van der Waals surface area contributed by atoms with Crippen LogP contribution in [0.25, 0.3) is 0 Å². The van der Waals surface area contributed by atoms with Crippen molar-refractivity contribution in [3.8, 4) is 5.75 Å². The van der Waals surface area contributed by atoms with Gasteiger partial charge in [-0.2, -0.15) is 0 Å². The quantitative estimate of drug-likeness (QED) is 0.734. The van der Waals surface area contributed by atoms with E-state index >= 15 is 0 Å². The van der Waals surface area contributed by atoms with E-state index in [4.69, 9.17) is 16.3 Å². The molecule has 150 valence electrons. The number of nitrogens with zero attached hydrogens (tertiary/aromatic N) is 1. The van der Waals surface area contributed by atoms with Crippen LogP contribution in [-0.4, -0.2) is 44.7 Å². The van der Waals surface area contributed by atoms with Crippen molar-refractivity contribution in [1.29, 1.82) is 0 Å². The van der Waals surface area contributed by atoms with Crippen LogP contribution in [0.1, 0.15) is 31.2 Å². The first-order valence-corrected chi connectivity index (χ1v) is 11.5. The van der Waals surface area contributed by atoms with Crippen molar-refractivity contribution in [3.05, 3.63) is 59.1 Å². The molecule has 0 aliphatic carbocycles. The van der Waals surface area contributed by atoms with Crippen LogP contribution in [0.3, 0.4) is 0 Å². The average Bonchev–Trinajstić information content (AvgIpc) is 2.69. The monoisotopic (exact) mass is 421 g/mol. The summed E-state index contributed by atoms with van der Waals surface area (Å²) in [7, 11) is -3.24. The Bertz CT molecular complexity index is 918. The predicted molar refractivity (Wildman–Crippen MR) is 110 cm³/mol. The molecule has 1 saturated heterocycles. The number of hydrogen-bond acceptors (Lipinski definition) is 4. The van der Waals surface area contributed by atoms with E-state index < -0.39 is 9.84 Å². The van der Waals surface area contributed by atoms with Crippen molar-refractivity contribution in [2.24, 2.45) is 0 Å². The summed E-state index contributed by atoms with van der Waals surface area (Å²) in [6, 6.07) is 13.8. The minimum atomic E-state index is -3.24. The first-order chi connectivity index (χ1) is 13.2. The van der Waals surface area contributed by atoms with Crippen LogP contribution in [0.2, 0.25) is 5.02 Å². The molecule has 2 aromatic carbocycles. The van der Waals surface area contributed by atoms with Crippen molar-refractivity contribution in [3.63, 3.8) is 0 Å². The highest BCUT2D eigenvalue weighted by molar-refractivity contribution is 7.90. The zero-order chi connectivity index (χ0) is 20.3. The second-order valence-corrected chi connectivity index (χ2v) is 9.61. The molecule has 0 saturated carbocycles. The van der Waals surface area contributed by atoms with Gasteiger partial charge in [-0.05, 0) is 48.9 Å². The molecule has 0 bridgehead atoms. The number of likely N-dealkylation sites (tertiary alicyclic amines) is 1. The van der Waals surface area contributed by atoms with E-state index in [1.165, 1.54) is 6.26 Å². The Balaban J connectivity index is 1.56. The Labute approximate surface area is 171 Å². The lowest BCUT2D eigenvalue weighted by atomic mass is 9.98. The van der Waals surface area contributed by atoms with Crippen LogP contribution in [0.4, 0.5) is 0 Å². The van der Waals surface area contributed by atoms with Crippen LogP contribution in [0.15, 0.2) is 53.4 Å². The normalized spacial score (nSPS) is 16.6. The summed E-state index contributed by atoms with van der Waals surface area (Å²) in [6.07, 6.45) is 2.80. The first-order valence-electron chi connectivity index (χ1n) is 9.25. The summed E-state index contributed by atoms with van der Waals surface area (Å²) >= 11 is 5.89. The molecule has 1 aliphatic heterocycles. The molecule has 1 unspecified atom stereocenters. The van der Waals surface area contributed by atoms with Gasteiger partial charge in [0.1, 0.15) is 11.9 Å². The van der Waals surface area contributed by atoms with E-state index in [2.05, 4.69) is 0 Å². The van der Waals surface area contributed by atoms with Crippen molar-refractivity contribution in [2.75, 3.05) is 19.3 Å². The van der Waals surface area contributed by atoms with Gasteiger partial charge in [-0.25, -0.2) is 8.42 Å². The summed E-state index contributed by atoms with van der Waals surface area (Å²) in [5, 5.41) is 0.673. The summed E-state index contributed by atoms with van der Waals surface area (Å²) in [4.78, 5) is 15.0. The Morgan fingerprint density at radius 2 is 1.64 bits per heavy atom. The standard InChI is InChI=1S/C21H24ClNO4S/c1-15(16-3-9-20(10-4-16)28(2,25)26)21(24)23-13-11-19(12-14-23)27-18-7-5-17(22)6-8-18/h3-10,15,19H,11-14H2,1-2H3. The van der Waals surface area contributed by atoms with Gasteiger partial charge >= 0.3 is 0 Å². The number of rotatable bonds is 5. The van der Waals surface area contributed by atoms with Gasteiger partial charge in [-0.3, -0.25) is 4.79 Å². The fraction of sp³-hybridized carbons (Fsp3) is 0.381. The lowest BCUT2D eigenvalue weighted by Crippen LogP contribution is -2.43. The van der Waals surface area contributed by atoms with E-state index in [9.17, 15) is 13.2 Å². The van der Waals surface area contributed by atoms with E-state index in [0.717, 1.165) is 24.2 Å². The minimum Gasteiger partial charge on any atom is -0.490 e. The smallest absolute Gasteiger partial charge is 0.229 e. The van der Waals surface area contributed by atoms with Gasteiger partial charge in [0.05, 0.1) is 10.8 Å². The number of hydrogen-bond donors (Lipinski definition) is 0. The molecule has 7 heteroatoms. The van der Waals surface area contributed by atoms with Gasteiger partial charge in [0, 0.05) is 37.2 Å². The Hall–Kier alpha value is -2.05. The van der Waals surface area contributed by atoms with Crippen LogP contribution in [0, 0.1) is 0 Å². The summed E-state index contributed by atoms with van der Waals surface area (Å²) in [6.45, 7) is 3.14. The highest BCUT2D eigenvalue weighted by Gasteiger charge is 2.27. The van der Waals surface area contributed by atoms with Gasteiger partial charge in [0.15, 0.2) is 9.84 Å². The number of carbonyl (C=O) groups excluding carboxylic acids is 1. The minimum absolute atomic E-state index is 0.0528. The zero-order valence-corrected chi connectivity index (χ0v) is 17.5. The Morgan fingerprint density at radius 1 is 1.07 bits per heavy atom. The number of amides is 1. The number of piperidine rings is 1. The van der Waals surface area contributed by atoms with E-state index in [1.807, 2.05) is 24.0 Å². The summed E-state index contributed by atoms with van der Waals surface area (Å²) in [5.41, 5.74) is 0.817. The Morgan fingerprint density at radius 3 is 2.18 bits per heavy atom. The largest absolute Gasteiger partial charge is 0.490 e. The maximum absolute atomic E-state index is 12.8. The molecule has 0 N–H and O–H groups in total. The van der Waals surface area contributed by atoms with Crippen LogP contribution in [0.5, 0.6) is 5.75 Å². The predicted octanol–water partition coefficient (Wildman–Crippen LogP) is 3.92. The van der Waals surface area contributed by atoms with Gasteiger partial charge in [0.25, 0.3) is 0 Å². The number of carbonyl (C=O) groups is 1. The van der Waals surface area contributed by atoms with Crippen LogP contribution < -0.4 is 4.74 Å². The van der Waals surface area contributed by atoms with E-state index in [0.29, 0.717) is 18.1 Å².